The average molecular weight is 368 g/mol. The molecule has 0 bridgehead atoms. The first-order chi connectivity index (χ1) is 12.7. The van der Waals surface area contributed by atoms with E-state index in [1.807, 2.05) is 11.4 Å². The van der Waals surface area contributed by atoms with Crippen LogP contribution in [0.2, 0.25) is 0 Å². The highest BCUT2D eigenvalue weighted by atomic mass is 32.1. The van der Waals surface area contributed by atoms with Gasteiger partial charge in [-0.25, -0.2) is 5.01 Å². The van der Waals surface area contributed by atoms with E-state index in [9.17, 15) is 9.90 Å². The molecule has 4 rings (SSSR count). The molecule has 0 saturated carbocycles. The van der Waals surface area contributed by atoms with Gasteiger partial charge in [-0.15, -0.1) is 11.3 Å². The van der Waals surface area contributed by atoms with E-state index < -0.39 is 6.04 Å². The lowest BCUT2D eigenvalue weighted by molar-refractivity contribution is 0.0714. The Morgan fingerprint density at radius 3 is 2.88 bits per heavy atom. The number of furan rings is 1. The number of phenolic OH excluding ortho intramolecular Hbond substituents is 1. The van der Waals surface area contributed by atoms with Crippen LogP contribution in [-0.4, -0.2) is 28.8 Å². The Morgan fingerprint density at radius 1 is 1.31 bits per heavy atom. The number of phenols is 1. The molecule has 0 fully saturated rings. The van der Waals surface area contributed by atoms with Crippen LogP contribution in [0.5, 0.6) is 11.5 Å². The summed E-state index contributed by atoms with van der Waals surface area (Å²) in [4.78, 5) is 13.5. The van der Waals surface area contributed by atoms with Gasteiger partial charge in [0, 0.05) is 12.0 Å². The predicted molar refractivity (Wildman–Crippen MR) is 97.8 cm³/mol. The Kier molecular flexibility index (Phi) is 4.22. The van der Waals surface area contributed by atoms with Crippen LogP contribution in [0.15, 0.2) is 63.6 Å². The number of methoxy groups -OCH3 is 1. The molecular weight excluding hydrogens is 352 g/mol. The van der Waals surface area contributed by atoms with Gasteiger partial charge in [-0.2, -0.15) is 5.10 Å². The minimum absolute atomic E-state index is 0.0138. The molecule has 0 saturated heterocycles. The molecule has 3 heterocycles. The second-order valence-electron chi connectivity index (χ2n) is 5.77. The Balaban J connectivity index is 1.76. The molecule has 0 aliphatic carbocycles. The number of para-hydroxylation sites is 1. The fraction of sp³-hybridized carbons (Fsp3) is 0.158. The van der Waals surface area contributed by atoms with Gasteiger partial charge in [0.25, 0.3) is 5.91 Å². The molecule has 3 aromatic rings. The first kappa shape index (κ1) is 16.4. The van der Waals surface area contributed by atoms with Gasteiger partial charge in [0.15, 0.2) is 11.5 Å². The van der Waals surface area contributed by atoms with Crippen LogP contribution in [0.1, 0.15) is 33.5 Å². The molecule has 0 radical (unpaired) electrons. The highest BCUT2D eigenvalue weighted by molar-refractivity contribution is 7.12. The SMILES string of the molecule is COc1cccc([C@H]2CC(c3ccco3)=NN2C(=O)c2cccs2)c1O. The van der Waals surface area contributed by atoms with Crippen molar-refractivity contribution in [3.05, 3.63) is 70.3 Å². The maximum absolute atomic E-state index is 13.0. The summed E-state index contributed by atoms with van der Waals surface area (Å²) in [6.07, 6.45) is 2.00. The molecule has 7 heteroatoms. The fourth-order valence-electron chi connectivity index (χ4n) is 3.02. The van der Waals surface area contributed by atoms with Crippen LogP contribution in [0.3, 0.4) is 0 Å². The lowest BCUT2D eigenvalue weighted by Gasteiger charge is -2.22. The summed E-state index contributed by atoms with van der Waals surface area (Å²) in [5.74, 6) is 0.769. The highest BCUT2D eigenvalue weighted by Crippen LogP contribution is 2.41. The summed E-state index contributed by atoms with van der Waals surface area (Å²) in [7, 11) is 1.49. The highest BCUT2D eigenvalue weighted by Gasteiger charge is 2.36. The van der Waals surface area contributed by atoms with Crippen LogP contribution in [0.25, 0.3) is 0 Å². The Bertz CT molecular complexity index is 948. The quantitative estimate of drug-likeness (QED) is 0.754. The molecule has 1 N–H and O–H groups in total. The molecule has 1 aliphatic rings. The van der Waals surface area contributed by atoms with Crippen molar-refractivity contribution in [2.75, 3.05) is 7.11 Å². The van der Waals surface area contributed by atoms with Crippen molar-refractivity contribution in [1.82, 2.24) is 5.01 Å². The molecular formula is C19H16N2O4S. The van der Waals surface area contributed by atoms with Gasteiger partial charge in [0.05, 0.1) is 24.3 Å². The normalized spacial score (nSPS) is 16.6. The topological polar surface area (TPSA) is 75.3 Å². The minimum atomic E-state index is -0.445. The third-order valence-corrected chi connectivity index (χ3v) is 5.12. The average Bonchev–Trinajstić information content (AvgIpc) is 3.42. The predicted octanol–water partition coefficient (Wildman–Crippen LogP) is 4.05. The third kappa shape index (κ3) is 2.76. The van der Waals surface area contributed by atoms with Gasteiger partial charge in [0.2, 0.25) is 0 Å². The lowest BCUT2D eigenvalue weighted by atomic mass is 9.99. The van der Waals surface area contributed by atoms with Crippen LogP contribution in [-0.2, 0) is 0 Å². The second kappa shape index (κ2) is 6.68. The van der Waals surface area contributed by atoms with Crippen molar-refractivity contribution in [3.63, 3.8) is 0 Å². The number of rotatable bonds is 4. The molecule has 132 valence electrons. The third-order valence-electron chi connectivity index (χ3n) is 4.27. The Hall–Kier alpha value is -3.06. The maximum Gasteiger partial charge on any atom is 0.284 e. The molecule has 6 nitrogen and oxygen atoms in total. The lowest BCUT2D eigenvalue weighted by Crippen LogP contribution is -2.26. The van der Waals surface area contributed by atoms with Crippen molar-refractivity contribution in [2.24, 2.45) is 5.10 Å². The first-order valence-corrected chi connectivity index (χ1v) is 8.91. The van der Waals surface area contributed by atoms with Gasteiger partial charge in [0.1, 0.15) is 11.5 Å². The molecule has 1 amide bonds. The van der Waals surface area contributed by atoms with Crippen molar-refractivity contribution in [2.45, 2.75) is 12.5 Å². The van der Waals surface area contributed by atoms with E-state index in [4.69, 9.17) is 9.15 Å². The van der Waals surface area contributed by atoms with E-state index in [1.165, 1.54) is 23.5 Å². The second-order valence-corrected chi connectivity index (χ2v) is 6.72. The van der Waals surface area contributed by atoms with Crippen molar-refractivity contribution < 1.29 is 19.1 Å². The number of carbonyl (C=O) groups is 1. The minimum Gasteiger partial charge on any atom is -0.504 e. The van der Waals surface area contributed by atoms with Crippen LogP contribution >= 0.6 is 11.3 Å². The van der Waals surface area contributed by atoms with Crippen molar-refractivity contribution in [3.8, 4) is 11.5 Å². The summed E-state index contributed by atoms with van der Waals surface area (Å²) in [5.41, 5.74) is 1.24. The van der Waals surface area contributed by atoms with Gasteiger partial charge in [-0.3, -0.25) is 4.79 Å². The number of hydrogen-bond acceptors (Lipinski definition) is 6. The molecule has 1 aliphatic heterocycles. The Labute approximate surface area is 153 Å². The Morgan fingerprint density at radius 2 is 2.19 bits per heavy atom. The van der Waals surface area contributed by atoms with Crippen molar-refractivity contribution in [1.29, 1.82) is 0 Å². The fourth-order valence-corrected chi connectivity index (χ4v) is 3.67. The molecule has 1 atom stereocenters. The number of carbonyl (C=O) groups excluding carboxylic acids is 1. The molecule has 0 spiro atoms. The number of hydrazone groups is 1. The summed E-state index contributed by atoms with van der Waals surface area (Å²) in [6, 6.07) is 12.0. The summed E-state index contributed by atoms with van der Waals surface area (Å²) in [5, 5.41) is 18.3. The smallest absolute Gasteiger partial charge is 0.284 e. The zero-order valence-corrected chi connectivity index (χ0v) is 14.8. The van der Waals surface area contributed by atoms with E-state index in [1.54, 1.807) is 42.7 Å². The van der Waals surface area contributed by atoms with Gasteiger partial charge >= 0.3 is 0 Å². The maximum atomic E-state index is 13.0. The summed E-state index contributed by atoms with van der Waals surface area (Å²) < 4.78 is 10.6. The van der Waals surface area contributed by atoms with Crippen LogP contribution in [0, 0.1) is 0 Å². The summed E-state index contributed by atoms with van der Waals surface area (Å²) in [6.45, 7) is 0. The van der Waals surface area contributed by atoms with Gasteiger partial charge in [-0.1, -0.05) is 18.2 Å². The number of hydrogen-bond donors (Lipinski definition) is 1. The van der Waals surface area contributed by atoms with Gasteiger partial charge in [-0.05, 0) is 29.6 Å². The largest absolute Gasteiger partial charge is 0.504 e. The standard InChI is InChI=1S/C19H16N2O4S/c1-24-16-6-2-5-12(18(16)22)14-11-13(15-7-3-9-25-15)20-21(14)19(23)17-8-4-10-26-17/h2-10,14,22H,11H2,1H3/t14-/m1/s1. The molecule has 26 heavy (non-hydrogen) atoms. The van der Waals surface area contributed by atoms with E-state index in [2.05, 4.69) is 5.10 Å². The summed E-state index contributed by atoms with van der Waals surface area (Å²) >= 11 is 1.35. The van der Waals surface area contributed by atoms with E-state index in [0.717, 1.165) is 0 Å². The number of amides is 1. The molecule has 2 aromatic heterocycles. The van der Waals surface area contributed by atoms with Crippen molar-refractivity contribution >= 4 is 23.0 Å². The number of ether oxygens (including phenoxy) is 1. The van der Waals surface area contributed by atoms with Crippen LogP contribution in [0.4, 0.5) is 0 Å². The molecule has 0 unspecified atom stereocenters. The number of aromatic hydroxyl groups is 1. The number of nitrogens with zero attached hydrogens (tertiary/aromatic N) is 2. The molecule has 1 aromatic carbocycles. The van der Waals surface area contributed by atoms with Crippen LogP contribution < -0.4 is 4.74 Å². The zero-order valence-electron chi connectivity index (χ0n) is 14.0. The van der Waals surface area contributed by atoms with E-state index in [-0.39, 0.29) is 11.7 Å². The monoisotopic (exact) mass is 368 g/mol. The number of benzene rings is 1. The number of thiophene rings is 1. The van der Waals surface area contributed by atoms with E-state index in [0.29, 0.717) is 34.1 Å². The van der Waals surface area contributed by atoms with Gasteiger partial charge < -0.3 is 14.3 Å². The van der Waals surface area contributed by atoms with E-state index >= 15 is 0 Å². The zero-order chi connectivity index (χ0) is 18.1. The first-order valence-electron chi connectivity index (χ1n) is 8.03.